The van der Waals surface area contributed by atoms with Crippen LogP contribution in [0.15, 0.2) is 65.6 Å². The number of nitrogens with zero attached hydrogens (tertiary/aromatic N) is 2. The minimum atomic E-state index is -0.345. The molecule has 0 fully saturated rings. The lowest BCUT2D eigenvalue weighted by Crippen LogP contribution is -2.45. The van der Waals surface area contributed by atoms with Gasteiger partial charge in [0.15, 0.2) is 5.11 Å². The lowest BCUT2D eigenvalue weighted by atomic mass is 9.93. The van der Waals surface area contributed by atoms with Crippen molar-refractivity contribution in [3.63, 3.8) is 0 Å². The topological polar surface area (TPSA) is 162 Å². The number of nitrogens with one attached hydrogen (secondary N) is 7. The number of thioether (sulfide) groups is 1. The standard InChI is InChI=1S/C35H43N9O3S2/c1-35(2,20-40-31(45)37-3)21-41-33(47)42-26-8-6-23(7-9-26)19-39-32(46)38-14-5-15-44(4)34(48)43-27-10-12-29-24(17-27)16-25-18-28(49-22-36)11-13-30(25)29/h6-13,17-18H,5,14-16,19-21H2,1-4H3,(H,43,48)(H2,37,40,45)(H2,38,39,46)(H2,41,42,47). The molecule has 0 aromatic heterocycles. The molecule has 0 heterocycles. The number of thiocyanates is 1. The van der Waals surface area contributed by atoms with Crippen molar-refractivity contribution in [2.45, 2.75) is 38.1 Å². The number of carbonyl (C=O) groups excluding carboxylic acids is 3. The number of hydrogen-bond donors (Lipinski definition) is 7. The number of carbonyl (C=O) groups is 3. The van der Waals surface area contributed by atoms with Crippen molar-refractivity contribution in [3.05, 3.63) is 77.4 Å². The molecular formula is C35H43N9O3S2. The molecule has 1 aliphatic rings. The Kier molecular flexibility index (Phi) is 13.1. The number of anilines is 2. The Labute approximate surface area is 297 Å². The second kappa shape index (κ2) is 17.4. The fourth-order valence-electron chi connectivity index (χ4n) is 5.14. The van der Waals surface area contributed by atoms with Crippen LogP contribution in [0.3, 0.4) is 0 Å². The second-order valence-electron chi connectivity index (χ2n) is 12.5. The summed E-state index contributed by atoms with van der Waals surface area (Å²) in [5, 5.41) is 31.6. The van der Waals surface area contributed by atoms with E-state index in [9.17, 15) is 14.4 Å². The minimum absolute atomic E-state index is 0.268. The van der Waals surface area contributed by atoms with Gasteiger partial charge in [0.25, 0.3) is 0 Å². The largest absolute Gasteiger partial charge is 0.352 e. The maximum atomic E-state index is 12.3. The fourth-order valence-corrected chi connectivity index (χ4v) is 5.79. The number of benzene rings is 3. The van der Waals surface area contributed by atoms with Gasteiger partial charge in [-0.15, -0.1) is 0 Å². The first-order chi connectivity index (χ1) is 23.5. The van der Waals surface area contributed by atoms with Gasteiger partial charge >= 0.3 is 18.1 Å². The Morgan fingerprint density at radius 2 is 1.51 bits per heavy atom. The minimum Gasteiger partial charge on any atom is -0.352 e. The lowest BCUT2D eigenvalue weighted by Gasteiger charge is -2.25. The molecule has 14 heteroatoms. The van der Waals surface area contributed by atoms with Crippen LogP contribution in [0.2, 0.25) is 0 Å². The van der Waals surface area contributed by atoms with Crippen LogP contribution in [0.4, 0.5) is 25.8 Å². The number of rotatable bonds is 13. The van der Waals surface area contributed by atoms with Crippen LogP contribution < -0.4 is 37.2 Å². The van der Waals surface area contributed by atoms with Crippen molar-refractivity contribution in [2.75, 3.05) is 50.9 Å². The summed E-state index contributed by atoms with van der Waals surface area (Å²) in [6.07, 6.45) is 1.53. The maximum Gasteiger partial charge on any atom is 0.319 e. The van der Waals surface area contributed by atoms with E-state index in [1.807, 2.05) is 50.1 Å². The van der Waals surface area contributed by atoms with Crippen molar-refractivity contribution < 1.29 is 14.4 Å². The summed E-state index contributed by atoms with van der Waals surface area (Å²) in [7, 11) is 3.47. The fraction of sp³-hybridized carbons (Fsp3) is 0.343. The average molecular weight is 702 g/mol. The van der Waals surface area contributed by atoms with Gasteiger partial charge in [0.1, 0.15) is 5.40 Å². The van der Waals surface area contributed by atoms with Crippen molar-refractivity contribution in [1.29, 1.82) is 5.26 Å². The van der Waals surface area contributed by atoms with E-state index in [2.05, 4.69) is 66.9 Å². The van der Waals surface area contributed by atoms with Gasteiger partial charge in [-0.25, -0.2) is 14.4 Å². The SMILES string of the molecule is CNC(=O)NCC(C)(C)CNC(=O)Nc1ccc(CNC(=O)NCCCN(C)C(=S)Nc2ccc3c(c2)Cc2cc(SC#N)ccc2-3)cc1. The molecule has 6 amide bonds. The molecule has 0 bridgehead atoms. The third-order valence-corrected chi connectivity index (χ3v) is 8.91. The average Bonchev–Trinajstić information content (AvgIpc) is 3.45. The monoisotopic (exact) mass is 701 g/mol. The molecule has 0 saturated carbocycles. The highest BCUT2D eigenvalue weighted by Gasteiger charge is 2.21. The molecule has 0 radical (unpaired) electrons. The summed E-state index contributed by atoms with van der Waals surface area (Å²) in [5.74, 6) is 0. The highest BCUT2D eigenvalue weighted by Crippen LogP contribution is 2.39. The summed E-state index contributed by atoms with van der Waals surface area (Å²) in [6, 6.07) is 18.8. The molecular weight excluding hydrogens is 659 g/mol. The Hall–Kier alpha value is -5.00. The van der Waals surface area contributed by atoms with E-state index in [0.717, 1.165) is 22.6 Å². The van der Waals surface area contributed by atoms with Gasteiger partial charge in [0.2, 0.25) is 0 Å². The van der Waals surface area contributed by atoms with E-state index < -0.39 is 0 Å². The molecule has 12 nitrogen and oxygen atoms in total. The van der Waals surface area contributed by atoms with Gasteiger partial charge in [0.05, 0.1) is 0 Å². The Balaban J connectivity index is 1.10. The van der Waals surface area contributed by atoms with Gasteiger partial charge < -0.3 is 42.1 Å². The van der Waals surface area contributed by atoms with Crippen LogP contribution in [-0.2, 0) is 13.0 Å². The van der Waals surface area contributed by atoms with E-state index in [-0.39, 0.29) is 23.5 Å². The van der Waals surface area contributed by atoms with Crippen molar-refractivity contribution in [3.8, 4) is 16.5 Å². The van der Waals surface area contributed by atoms with E-state index >= 15 is 0 Å². The smallest absolute Gasteiger partial charge is 0.319 e. The Morgan fingerprint density at radius 3 is 2.20 bits per heavy atom. The molecule has 258 valence electrons. The summed E-state index contributed by atoms with van der Waals surface area (Å²) >= 11 is 6.80. The Morgan fingerprint density at radius 1 is 0.857 bits per heavy atom. The molecule has 7 N–H and O–H groups in total. The zero-order chi connectivity index (χ0) is 35.4. The summed E-state index contributed by atoms with van der Waals surface area (Å²) < 4.78 is 0. The molecule has 0 aliphatic heterocycles. The molecule has 0 saturated heterocycles. The van der Waals surface area contributed by atoms with E-state index in [1.165, 1.54) is 34.0 Å². The quantitative estimate of drug-likeness (QED) is 0.0421. The highest BCUT2D eigenvalue weighted by molar-refractivity contribution is 8.03. The van der Waals surface area contributed by atoms with Gasteiger partial charge in [-0.3, -0.25) is 0 Å². The predicted octanol–water partition coefficient (Wildman–Crippen LogP) is 5.43. The van der Waals surface area contributed by atoms with E-state index in [4.69, 9.17) is 17.5 Å². The highest BCUT2D eigenvalue weighted by atomic mass is 32.2. The summed E-state index contributed by atoms with van der Waals surface area (Å²) in [6.45, 7) is 6.15. The molecule has 1 aliphatic carbocycles. The molecule has 49 heavy (non-hydrogen) atoms. The first-order valence-corrected chi connectivity index (χ1v) is 17.1. The van der Waals surface area contributed by atoms with Gasteiger partial charge in [-0.2, -0.15) is 5.26 Å². The molecule has 0 spiro atoms. The molecule has 0 atom stereocenters. The first-order valence-electron chi connectivity index (χ1n) is 15.9. The predicted molar refractivity (Wildman–Crippen MR) is 200 cm³/mol. The molecule has 0 unspecified atom stereocenters. The number of amides is 6. The third-order valence-electron chi connectivity index (χ3n) is 7.92. The van der Waals surface area contributed by atoms with Crippen LogP contribution in [-0.4, -0.2) is 68.4 Å². The third kappa shape index (κ3) is 11.3. The lowest BCUT2D eigenvalue weighted by molar-refractivity contribution is 0.232. The van der Waals surface area contributed by atoms with Crippen LogP contribution >= 0.6 is 24.0 Å². The van der Waals surface area contributed by atoms with Crippen LogP contribution in [0, 0.1) is 16.1 Å². The number of thiocarbonyl (C=S) groups is 1. The zero-order valence-corrected chi connectivity index (χ0v) is 29.8. The number of nitriles is 1. The molecule has 3 aromatic carbocycles. The van der Waals surface area contributed by atoms with E-state index in [1.54, 1.807) is 19.2 Å². The second-order valence-corrected chi connectivity index (χ2v) is 13.7. The first kappa shape index (κ1) is 36.8. The van der Waals surface area contributed by atoms with Crippen LogP contribution in [0.1, 0.15) is 37.0 Å². The summed E-state index contributed by atoms with van der Waals surface area (Å²) in [5.41, 5.74) is 6.96. The zero-order valence-electron chi connectivity index (χ0n) is 28.2. The van der Waals surface area contributed by atoms with Crippen molar-refractivity contribution in [2.24, 2.45) is 5.41 Å². The Bertz CT molecular complexity index is 1710. The maximum absolute atomic E-state index is 12.3. The molecule has 3 aromatic rings. The molecule has 4 rings (SSSR count). The van der Waals surface area contributed by atoms with Crippen LogP contribution in [0.5, 0.6) is 0 Å². The number of urea groups is 3. The van der Waals surface area contributed by atoms with Gasteiger partial charge in [-0.1, -0.05) is 38.1 Å². The van der Waals surface area contributed by atoms with Gasteiger partial charge in [0, 0.05) is 63.1 Å². The van der Waals surface area contributed by atoms with E-state index in [0.29, 0.717) is 49.9 Å². The van der Waals surface area contributed by atoms with Crippen molar-refractivity contribution >= 4 is 58.6 Å². The number of hydrogen-bond acceptors (Lipinski definition) is 6. The van der Waals surface area contributed by atoms with Crippen molar-refractivity contribution in [1.82, 2.24) is 31.5 Å². The summed E-state index contributed by atoms with van der Waals surface area (Å²) in [4.78, 5) is 39.0. The normalized spacial score (nSPS) is 11.2. The van der Waals surface area contributed by atoms with Gasteiger partial charge in [-0.05, 0) is 106 Å². The number of fused-ring (bicyclic) bond motifs is 3. The van der Waals surface area contributed by atoms with Crippen LogP contribution in [0.25, 0.3) is 11.1 Å².